The third-order valence-corrected chi connectivity index (χ3v) is 5.90. The maximum absolute atomic E-state index is 14.0. The third kappa shape index (κ3) is 4.35. The monoisotopic (exact) mass is 387 g/mol. The van der Waals surface area contributed by atoms with Gasteiger partial charge in [0.25, 0.3) is 5.91 Å². The third-order valence-electron chi connectivity index (χ3n) is 5.05. The Bertz CT molecular complexity index is 822. The minimum Gasteiger partial charge on any atom is -0.354 e. The molecule has 5 nitrogen and oxygen atoms in total. The molecule has 7 heteroatoms. The molecule has 0 unspecified atom stereocenters. The van der Waals surface area contributed by atoms with Crippen LogP contribution in [0.15, 0.2) is 35.7 Å². The number of rotatable bonds is 6. The summed E-state index contributed by atoms with van der Waals surface area (Å²) in [6.07, 6.45) is 1.73. The van der Waals surface area contributed by atoms with Gasteiger partial charge >= 0.3 is 0 Å². The highest BCUT2D eigenvalue weighted by molar-refractivity contribution is 7.09. The fraction of sp³-hybridized carbons (Fsp3) is 0.450. The molecule has 1 aliphatic heterocycles. The molecule has 1 saturated carbocycles. The average Bonchev–Trinajstić information content (AvgIpc) is 3.32. The van der Waals surface area contributed by atoms with Crippen molar-refractivity contribution >= 4 is 23.2 Å². The van der Waals surface area contributed by atoms with E-state index in [0.717, 1.165) is 23.4 Å². The van der Waals surface area contributed by atoms with Crippen LogP contribution in [0.3, 0.4) is 0 Å². The molecule has 1 saturated heterocycles. The van der Waals surface area contributed by atoms with Crippen molar-refractivity contribution in [3.05, 3.63) is 52.0 Å². The average molecular weight is 387 g/mol. The van der Waals surface area contributed by atoms with Crippen LogP contribution in [0.2, 0.25) is 0 Å². The van der Waals surface area contributed by atoms with Crippen molar-refractivity contribution in [1.82, 2.24) is 15.2 Å². The first-order valence-corrected chi connectivity index (χ1v) is 10.2. The summed E-state index contributed by atoms with van der Waals surface area (Å²) in [5.74, 6) is -0.129. The zero-order valence-electron chi connectivity index (χ0n) is 14.9. The second-order valence-electron chi connectivity index (χ2n) is 7.25. The van der Waals surface area contributed by atoms with Crippen LogP contribution in [-0.2, 0) is 11.2 Å². The Kier molecular flexibility index (Phi) is 5.20. The highest BCUT2D eigenvalue weighted by Gasteiger charge is 2.37. The van der Waals surface area contributed by atoms with Gasteiger partial charge in [0.1, 0.15) is 11.9 Å². The summed E-state index contributed by atoms with van der Waals surface area (Å²) < 4.78 is 14.0. The summed E-state index contributed by atoms with van der Waals surface area (Å²) in [4.78, 5) is 30.7. The predicted molar refractivity (Wildman–Crippen MR) is 101 cm³/mol. The van der Waals surface area contributed by atoms with E-state index in [1.54, 1.807) is 5.38 Å². The molecule has 2 heterocycles. The van der Waals surface area contributed by atoms with Crippen LogP contribution < -0.4 is 5.32 Å². The largest absolute Gasteiger partial charge is 0.354 e. The zero-order valence-corrected chi connectivity index (χ0v) is 15.8. The number of carbonyl (C=O) groups excluding carboxylic acids is 2. The molecule has 2 aliphatic rings. The molecule has 1 N–H and O–H groups in total. The van der Waals surface area contributed by atoms with Crippen LogP contribution in [0.5, 0.6) is 0 Å². The van der Waals surface area contributed by atoms with E-state index in [2.05, 4.69) is 10.3 Å². The Morgan fingerprint density at radius 2 is 2.04 bits per heavy atom. The number of carbonyl (C=O) groups is 2. The van der Waals surface area contributed by atoms with Crippen molar-refractivity contribution in [1.29, 1.82) is 0 Å². The zero-order chi connectivity index (χ0) is 18.8. The number of benzene rings is 1. The number of nitrogens with zero attached hydrogens (tertiary/aromatic N) is 2. The number of alkyl halides is 1. The predicted octanol–water partition coefficient (Wildman–Crippen LogP) is 2.81. The molecule has 0 spiro atoms. The van der Waals surface area contributed by atoms with Crippen LogP contribution in [-0.4, -0.2) is 47.0 Å². The van der Waals surface area contributed by atoms with Gasteiger partial charge in [-0.15, -0.1) is 11.3 Å². The van der Waals surface area contributed by atoms with E-state index in [-0.39, 0.29) is 36.7 Å². The lowest BCUT2D eigenvalue weighted by atomic mass is 10.2. The fourth-order valence-electron chi connectivity index (χ4n) is 3.42. The van der Waals surface area contributed by atoms with Crippen LogP contribution in [0.1, 0.15) is 40.3 Å². The highest BCUT2D eigenvalue weighted by Crippen LogP contribution is 2.29. The van der Waals surface area contributed by atoms with Crippen molar-refractivity contribution in [2.75, 3.05) is 13.1 Å². The molecule has 2 amide bonds. The van der Waals surface area contributed by atoms with E-state index in [1.165, 1.54) is 16.2 Å². The SMILES string of the molecule is O=C(NC[C@@H]1C[C@H](F)CN1C(=O)c1csc(Cc2ccccc2)n1)C1CC1. The quantitative estimate of drug-likeness (QED) is 0.829. The van der Waals surface area contributed by atoms with Gasteiger partial charge in [-0.3, -0.25) is 9.59 Å². The van der Waals surface area contributed by atoms with E-state index in [1.807, 2.05) is 30.3 Å². The molecule has 1 aliphatic carbocycles. The number of thiazole rings is 1. The maximum Gasteiger partial charge on any atom is 0.273 e. The number of hydrogen-bond acceptors (Lipinski definition) is 4. The van der Waals surface area contributed by atoms with Gasteiger partial charge in [0.15, 0.2) is 0 Å². The van der Waals surface area contributed by atoms with Crippen molar-refractivity contribution in [3.63, 3.8) is 0 Å². The molecule has 2 fully saturated rings. The van der Waals surface area contributed by atoms with Crippen LogP contribution in [0.4, 0.5) is 4.39 Å². The lowest BCUT2D eigenvalue weighted by Gasteiger charge is -2.23. The van der Waals surface area contributed by atoms with E-state index in [4.69, 9.17) is 0 Å². The number of likely N-dealkylation sites (tertiary alicyclic amines) is 1. The summed E-state index contributed by atoms with van der Waals surface area (Å²) in [6, 6.07) is 9.64. The molecule has 1 aromatic carbocycles. The summed E-state index contributed by atoms with van der Waals surface area (Å²) >= 11 is 1.44. The molecular weight excluding hydrogens is 365 g/mol. The summed E-state index contributed by atoms with van der Waals surface area (Å²) in [7, 11) is 0. The van der Waals surface area contributed by atoms with E-state index in [0.29, 0.717) is 18.7 Å². The smallest absolute Gasteiger partial charge is 0.273 e. The standard InChI is InChI=1S/C20H22FN3O2S/c21-15-9-16(10-22-19(25)14-6-7-14)24(11-15)20(26)17-12-27-18(23-17)8-13-4-2-1-3-5-13/h1-5,12,14-16H,6-11H2,(H,22,25)/t15-,16-/m0/s1. The Balaban J connectivity index is 1.40. The molecule has 4 rings (SSSR count). The molecule has 0 radical (unpaired) electrons. The van der Waals surface area contributed by atoms with Gasteiger partial charge in [-0.2, -0.15) is 0 Å². The number of hydrogen-bond donors (Lipinski definition) is 1. The number of halogens is 1. The molecular formula is C20H22FN3O2S. The van der Waals surface area contributed by atoms with Gasteiger partial charge in [0, 0.05) is 30.7 Å². The minimum atomic E-state index is -1.06. The van der Waals surface area contributed by atoms with Gasteiger partial charge in [-0.25, -0.2) is 9.37 Å². The summed E-state index contributed by atoms with van der Waals surface area (Å²) in [6.45, 7) is 0.372. The van der Waals surface area contributed by atoms with Gasteiger partial charge in [-0.05, 0) is 18.4 Å². The van der Waals surface area contributed by atoms with Crippen LogP contribution in [0.25, 0.3) is 0 Å². The number of amides is 2. The fourth-order valence-corrected chi connectivity index (χ4v) is 4.22. The van der Waals surface area contributed by atoms with E-state index < -0.39 is 6.17 Å². The molecule has 2 atom stereocenters. The second-order valence-corrected chi connectivity index (χ2v) is 8.20. The van der Waals surface area contributed by atoms with Crippen molar-refractivity contribution in [2.24, 2.45) is 5.92 Å². The van der Waals surface area contributed by atoms with Gasteiger partial charge in [-0.1, -0.05) is 30.3 Å². The molecule has 0 bridgehead atoms. The van der Waals surface area contributed by atoms with Crippen molar-refractivity contribution < 1.29 is 14.0 Å². The molecule has 142 valence electrons. The van der Waals surface area contributed by atoms with Crippen molar-refractivity contribution in [2.45, 2.75) is 37.9 Å². The first-order chi connectivity index (χ1) is 13.1. The number of aromatic nitrogens is 1. The Morgan fingerprint density at radius 1 is 1.26 bits per heavy atom. The summed E-state index contributed by atoms with van der Waals surface area (Å²) in [5, 5.41) is 5.47. The molecule has 2 aromatic rings. The van der Waals surface area contributed by atoms with Crippen LogP contribution >= 0.6 is 11.3 Å². The lowest BCUT2D eigenvalue weighted by molar-refractivity contribution is -0.122. The topological polar surface area (TPSA) is 62.3 Å². The van der Waals surface area contributed by atoms with Crippen LogP contribution in [0, 0.1) is 5.92 Å². The second kappa shape index (κ2) is 7.76. The Labute approximate surface area is 161 Å². The maximum atomic E-state index is 14.0. The molecule has 27 heavy (non-hydrogen) atoms. The van der Waals surface area contributed by atoms with Gasteiger partial charge in [0.2, 0.25) is 5.91 Å². The Hall–Kier alpha value is -2.28. The van der Waals surface area contributed by atoms with E-state index in [9.17, 15) is 14.0 Å². The van der Waals surface area contributed by atoms with Crippen molar-refractivity contribution in [3.8, 4) is 0 Å². The normalized spacial score (nSPS) is 22.0. The van der Waals surface area contributed by atoms with E-state index >= 15 is 0 Å². The number of nitrogens with one attached hydrogen (secondary N) is 1. The molecule has 1 aromatic heterocycles. The first kappa shape index (κ1) is 18.1. The minimum absolute atomic E-state index is 0.0171. The summed E-state index contributed by atoms with van der Waals surface area (Å²) in [5.41, 5.74) is 1.50. The van der Waals surface area contributed by atoms with Gasteiger partial charge < -0.3 is 10.2 Å². The van der Waals surface area contributed by atoms with Gasteiger partial charge in [0.05, 0.1) is 17.6 Å². The highest BCUT2D eigenvalue weighted by atomic mass is 32.1. The Morgan fingerprint density at radius 3 is 2.78 bits per heavy atom. The lowest BCUT2D eigenvalue weighted by Crippen LogP contribution is -2.43. The first-order valence-electron chi connectivity index (χ1n) is 9.31.